The second kappa shape index (κ2) is 5.90. The Morgan fingerprint density at radius 1 is 1.12 bits per heavy atom. The molecule has 0 spiro atoms. The molecule has 2 aromatic rings. The van der Waals surface area contributed by atoms with E-state index in [1.807, 2.05) is 41.8 Å². The Morgan fingerprint density at radius 3 is 2.68 bits per heavy atom. The van der Waals surface area contributed by atoms with Gasteiger partial charge in [0.05, 0.1) is 0 Å². The first kappa shape index (κ1) is 16.2. The molecule has 0 radical (unpaired) electrons. The first-order valence-electron chi connectivity index (χ1n) is 9.00. The maximum atomic E-state index is 13.2. The summed E-state index contributed by atoms with van der Waals surface area (Å²) >= 11 is 0. The van der Waals surface area contributed by atoms with Crippen LogP contribution in [0.1, 0.15) is 41.4 Å². The molecule has 0 saturated carbocycles. The van der Waals surface area contributed by atoms with Gasteiger partial charge in [-0.2, -0.15) is 0 Å². The monoisotopic (exact) mass is 340 g/mol. The van der Waals surface area contributed by atoms with Crippen molar-refractivity contribution in [3.8, 4) is 0 Å². The second-order valence-corrected chi connectivity index (χ2v) is 7.53. The molecule has 5 nitrogen and oxygen atoms in total. The highest BCUT2D eigenvalue weighted by molar-refractivity contribution is 5.99. The Kier molecular flexibility index (Phi) is 3.82. The molecule has 5 rings (SSSR count). The fourth-order valence-electron chi connectivity index (χ4n) is 4.25. The van der Waals surface area contributed by atoms with Gasteiger partial charge < -0.3 is 14.2 Å². The molecule has 0 aliphatic carbocycles. The average molecular weight is 340 g/mol. The molecule has 3 saturated heterocycles. The molecule has 132 valence electrons. The Balaban J connectivity index is 1.67. The van der Waals surface area contributed by atoms with Gasteiger partial charge >= 0.3 is 0 Å². The predicted molar refractivity (Wildman–Crippen MR) is 95.5 cm³/mol. The Bertz CT molecular complexity index is 854. The van der Waals surface area contributed by atoms with Gasteiger partial charge in [-0.1, -0.05) is 12.1 Å². The molecular weight excluding hydrogens is 316 g/mol. The molecule has 2 amide bonds. The zero-order valence-electron chi connectivity index (χ0n) is 15.0. The number of piperidine rings is 1. The maximum Gasteiger partial charge on any atom is 0.290 e. The molecule has 5 heteroatoms. The lowest BCUT2D eigenvalue weighted by Gasteiger charge is -2.35. The predicted octanol–water partition coefficient (Wildman–Crippen LogP) is 3.13. The zero-order chi connectivity index (χ0) is 17.7. The highest BCUT2D eigenvalue weighted by atomic mass is 16.3. The number of nitrogens with zero attached hydrogens (tertiary/aromatic N) is 2. The summed E-state index contributed by atoms with van der Waals surface area (Å²) in [6.45, 7) is 7.69. The first-order valence-corrected chi connectivity index (χ1v) is 9.00. The Hall–Kier alpha value is -2.30. The van der Waals surface area contributed by atoms with Gasteiger partial charge in [-0.3, -0.25) is 9.59 Å². The zero-order valence-corrected chi connectivity index (χ0v) is 15.0. The normalized spacial score (nSPS) is 23.2. The van der Waals surface area contributed by atoms with Gasteiger partial charge in [0.2, 0.25) is 5.91 Å². The van der Waals surface area contributed by atoms with E-state index in [0.29, 0.717) is 24.8 Å². The van der Waals surface area contributed by atoms with Crippen LogP contribution in [-0.4, -0.2) is 47.3 Å². The summed E-state index contributed by atoms with van der Waals surface area (Å²) < 4.78 is 5.95. The fraction of sp³-hybridized carbons (Fsp3) is 0.500. The van der Waals surface area contributed by atoms with E-state index < -0.39 is 0 Å². The van der Waals surface area contributed by atoms with Crippen LogP contribution in [-0.2, 0) is 4.79 Å². The number of hydrogen-bond donors (Lipinski definition) is 0. The number of furan rings is 1. The van der Waals surface area contributed by atoms with Crippen molar-refractivity contribution in [1.82, 2.24) is 9.80 Å². The summed E-state index contributed by atoms with van der Waals surface area (Å²) in [6.07, 6.45) is 2.04. The summed E-state index contributed by atoms with van der Waals surface area (Å²) in [4.78, 5) is 28.9. The van der Waals surface area contributed by atoms with Crippen molar-refractivity contribution in [2.45, 2.75) is 39.7 Å². The molecule has 2 bridgehead atoms. The SMILES string of the molecule is CC(=O)N1CC2CCC(C1)N(C(=O)c1oc3cc(C)ccc3c1C)C2. The van der Waals surface area contributed by atoms with E-state index in [2.05, 4.69) is 0 Å². The lowest BCUT2D eigenvalue weighted by Crippen LogP contribution is -2.47. The summed E-state index contributed by atoms with van der Waals surface area (Å²) in [7, 11) is 0. The van der Waals surface area contributed by atoms with E-state index >= 15 is 0 Å². The van der Waals surface area contributed by atoms with Crippen molar-refractivity contribution in [3.63, 3.8) is 0 Å². The van der Waals surface area contributed by atoms with E-state index in [0.717, 1.165) is 41.5 Å². The molecule has 3 aliphatic heterocycles. The largest absolute Gasteiger partial charge is 0.451 e. The standard InChI is InChI=1S/C20H24N2O3/c1-12-4-7-17-13(2)19(25-18(17)8-12)20(24)22-10-15-5-6-16(22)11-21(9-15)14(3)23/h4,7-8,15-16H,5-6,9-11H2,1-3H3. The lowest BCUT2D eigenvalue weighted by atomic mass is 9.94. The van der Waals surface area contributed by atoms with E-state index in [9.17, 15) is 9.59 Å². The van der Waals surface area contributed by atoms with E-state index in [4.69, 9.17) is 4.42 Å². The van der Waals surface area contributed by atoms with Crippen LogP contribution in [0.25, 0.3) is 11.0 Å². The topological polar surface area (TPSA) is 53.8 Å². The average Bonchev–Trinajstić information content (AvgIpc) is 2.76. The van der Waals surface area contributed by atoms with Gasteiger partial charge in [-0.25, -0.2) is 0 Å². The van der Waals surface area contributed by atoms with E-state index in [-0.39, 0.29) is 17.9 Å². The Morgan fingerprint density at radius 2 is 1.92 bits per heavy atom. The highest BCUT2D eigenvalue weighted by Crippen LogP contribution is 2.32. The van der Waals surface area contributed by atoms with Gasteiger partial charge in [0.15, 0.2) is 5.76 Å². The molecule has 1 aromatic carbocycles. The van der Waals surface area contributed by atoms with Crippen molar-refractivity contribution in [1.29, 1.82) is 0 Å². The summed E-state index contributed by atoms with van der Waals surface area (Å²) in [5.41, 5.74) is 2.79. The quantitative estimate of drug-likeness (QED) is 0.801. The second-order valence-electron chi connectivity index (χ2n) is 7.53. The smallest absolute Gasteiger partial charge is 0.290 e. The molecule has 3 fully saturated rings. The van der Waals surface area contributed by atoms with Crippen LogP contribution in [0.5, 0.6) is 0 Å². The molecule has 25 heavy (non-hydrogen) atoms. The minimum absolute atomic E-state index is 0.0357. The number of carbonyl (C=O) groups excluding carboxylic acids is 2. The van der Waals surface area contributed by atoms with Crippen molar-refractivity contribution in [2.75, 3.05) is 19.6 Å². The lowest BCUT2D eigenvalue weighted by molar-refractivity contribution is -0.129. The van der Waals surface area contributed by atoms with Crippen LogP contribution >= 0.6 is 0 Å². The van der Waals surface area contributed by atoms with Crippen molar-refractivity contribution in [2.24, 2.45) is 5.92 Å². The van der Waals surface area contributed by atoms with Crippen LogP contribution in [0.15, 0.2) is 22.6 Å². The van der Waals surface area contributed by atoms with Crippen LogP contribution in [0.2, 0.25) is 0 Å². The molecule has 2 unspecified atom stereocenters. The number of carbonyl (C=O) groups is 2. The molecule has 1 aromatic heterocycles. The van der Waals surface area contributed by atoms with Crippen LogP contribution < -0.4 is 0 Å². The minimum atomic E-state index is -0.0357. The number of amides is 2. The maximum absolute atomic E-state index is 13.2. The van der Waals surface area contributed by atoms with Crippen molar-refractivity contribution in [3.05, 3.63) is 35.1 Å². The highest BCUT2D eigenvalue weighted by Gasteiger charge is 2.39. The Labute approximate surface area is 147 Å². The third-order valence-corrected chi connectivity index (χ3v) is 5.71. The molecule has 2 atom stereocenters. The van der Waals surface area contributed by atoms with E-state index in [1.165, 1.54) is 0 Å². The molecular formula is C20H24N2O3. The van der Waals surface area contributed by atoms with Gasteiger partial charge in [-0.05, 0) is 44.2 Å². The van der Waals surface area contributed by atoms with Crippen molar-refractivity contribution < 1.29 is 14.0 Å². The third-order valence-electron chi connectivity index (χ3n) is 5.71. The summed E-state index contributed by atoms with van der Waals surface area (Å²) in [5.74, 6) is 0.870. The van der Waals surface area contributed by atoms with E-state index in [1.54, 1.807) is 6.92 Å². The number of rotatable bonds is 1. The summed E-state index contributed by atoms with van der Waals surface area (Å²) in [5, 5.41) is 0.999. The number of aryl methyl sites for hydroxylation is 2. The van der Waals surface area contributed by atoms with Gasteiger partial charge in [0.1, 0.15) is 5.58 Å². The molecule has 3 aliphatic rings. The van der Waals surface area contributed by atoms with Gasteiger partial charge in [-0.15, -0.1) is 0 Å². The molecule has 0 N–H and O–H groups in total. The first-order chi connectivity index (χ1) is 11.9. The molecule has 4 heterocycles. The van der Waals surface area contributed by atoms with Crippen LogP contribution in [0, 0.1) is 19.8 Å². The number of fused-ring (bicyclic) bond motifs is 5. The third kappa shape index (κ3) is 2.71. The number of hydrogen-bond acceptors (Lipinski definition) is 3. The summed E-state index contributed by atoms with van der Waals surface area (Å²) in [6, 6.07) is 6.12. The van der Waals surface area contributed by atoms with Gasteiger partial charge in [0.25, 0.3) is 5.91 Å². The van der Waals surface area contributed by atoms with Crippen LogP contribution in [0.4, 0.5) is 0 Å². The van der Waals surface area contributed by atoms with Crippen molar-refractivity contribution >= 4 is 22.8 Å². The van der Waals surface area contributed by atoms with Crippen LogP contribution in [0.3, 0.4) is 0 Å². The number of benzene rings is 1. The van der Waals surface area contributed by atoms with Gasteiger partial charge in [0, 0.05) is 43.5 Å². The minimum Gasteiger partial charge on any atom is -0.451 e. The fourth-order valence-corrected chi connectivity index (χ4v) is 4.25.